The van der Waals surface area contributed by atoms with E-state index in [0.717, 1.165) is 42.3 Å². The molecule has 8 rings (SSSR count). The van der Waals surface area contributed by atoms with Gasteiger partial charge in [-0.2, -0.15) is 0 Å². The number of carbonyl (C=O) groups excluding carboxylic acids is 3. The number of aromatic nitrogens is 2. The highest BCUT2D eigenvalue weighted by atomic mass is 32.2. The summed E-state index contributed by atoms with van der Waals surface area (Å²) in [5.41, 5.74) is 1.45. The smallest absolute Gasteiger partial charge is 0.259 e. The molecule has 300 valence electrons. The lowest BCUT2D eigenvalue weighted by Gasteiger charge is -2.30. The molecule has 2 aliphatic heterocycles. The Labute approximate surface area is 336 Å². The van der Waals surface area contributed by atoms with Gasteiger partial charge < -0.3 is 25.0 Å². The summed E-state index contributed by atoms with van der Waals surface area (Å²) in [6.07, 6.45) is 10.2. The Hall–Kier alpha value is -5.02. The average molecular weight is 813 g/mol. The summed E-state index contributed by atoms with van der Waals surface area (Å²) in [4.78, 5) is 54.4. The number of anilines is 1. The molecule has 0 radical (unpaired) electrons. The van der Waals surface area contributed by atoms with Gasteiger partial charge in [-0.25, -0.2) is 18.4 Å². The summed E-state index contributed by atoms with van der Waals surface area (Å²) < 4.78 is 40.2. The van der Waals surface area contributed by atoms with Gasteiger partial charge in [0.25, 0.3) is 5.91 Å². The maximum Gasteiger partial charge on any atom is 0.259 e. The molecule has 3 amide bonds. The zero-order chi connectivity index (χ0) is 40.0. The van der Waals surface area contributed by atoms with E-state index in [4.69, 9.17) is 14.5 Å². The normalized spacial score (nSPS) is 26.5. The monoisotopic (exact) mass is 812 g/mol. The molecule has 2 aromatic heterocycles. The summed E-state index contributed by atoms with van der Waals surface area (Å²) in [5.74, 6) is -0.735. The average Bonchev–Trinajstić information content (AvgIpc) is 3.95. The first-order valence-electron chi connectivity index (χ1n) is 19.6. The highest BCUT2D eigenvalue weighted by molar-refractivity contribution is 7.91. The Kier molecular flexibility index (Phi) is 10.5. The number of pyridine rings is 1. The molecule has 0 unspecified atom stereocenters. The predicted octanol–water partition coefficient (Wildman–Crippen LogP) is 5.90. The van der Waals surface area contributed by atoms with Crippen LogP contribution < -0.4 is 24.8 Å². The number of rotatable bonds is 9. The van der Waals surface area contributed by atoms with Gasteiger partial charge in [-0.1, -0.05) is 43.2 Å². The van der Waals surface area contributed by atoms with E-state index >= 15 is 0 Å². The summed E-state index contributed by atoms with van der Waals surface area (Å²) in [7, 11) is -2.36. The van der Waals surface area contributed by atoms with Gasteiger partial charge in [-0.3, -0.25) is 19.1 Å². The van der Waals surface area contributed by atoms with E-state index in [-0.39, 0.29) is 25.3 Å². The number of nitrogens with zero attached hydrogens (tertiary/aromatic N) is 3. The van der Waals surface area contributed by atoms with Gasteiger partial charge in [0.1, 0.15) is 45.9 Å². The topological polar surface area (TPSA) is 169 Å². The molecule has 4 aliphatic rings. The summed E-state index contributed by atoms with van der Waals surface area (Å²) in [5, 5.41) is 9.74. The van der Waals surface area contributed by atoms with Gasteiger partial charge in [-0.05, 0) is 76.6 Å². The highest BCUT2D eigenvalue weighted by Gasteiger charge is 2.63. The molecule has 0 bridgehead atoms. The fraction of sp³-hybridized carbons (Fsp3) is 0.452. The minimum Gasteiger partial charge on any atom is -0.496 e. The van der Waals surface area contributed by atoms with Crippen molar-refractivity contribution < 1.29 is 32.3 Å². The molecule has 4 aromatic rings. The van der Waals surface area contributed by atoms with Gasteiger partial charge in [0, 0.05) is 46.6 Å². The van der Waals surface area contributed by atoms with Crippen LogP contribution in [0.1, 0.15) is 70.3 Å². The fourth-order valence-electron chi connectivity index (χ4n) is 8.02. The SMILES string of the molecule is COc1ccc2c(O[C@@H]3C[C@H]4C(=O)N[C@]5(C(=O)NS(=O)(=O)C6(C)CC6)C[C@@H]5/C=C\CCCCC[C@H](Nc5ccccc5)C(=O)N4C3)cc(-c3nccs3)nc2c1C. The number of aryl methyl sites for hydroxylation is 1. The van der Waals surface area contributed by atoms with Crippen molar-refractivity contribution in [2.24, 2.45) is 5.92 Å². The largest absolute Gasteiger partial charge is 0.496 e. The highest BCUT2D eigenvalue weighted by Crippen LogP contribution is 2.48. The number of nitrogens with one attached hydrogen (secondary N) is 3. The minimum atomic E-state index is -3.97. The van der Waals surface area contributed by atoms with Crippen molar-refractivity contribution in [2.45, 2.75) is 100 Å². The van der Waals surface area contributed by atoms with Crippen LogP contribution >= 0.6 is 11.3 Å². The third kappa shape index (κ3) is 7.71. The molecule has 0 spiro atoms. The van der Waals surface area contributed by atoms with E-state index in [2.05, 4.69) is 20.3 Å². The molecule has 3 fully saturated rings. The van der Waals surface area contributed by atoms with Gasteiger partial charge in [0.05, 0.1) is 23.9 Å². The molecule has 4 heterocycles. The Bertz CT molecular complexity index is 2320. The molecule has 13 nitrogen and oxygen atoms in total. The van der Waals surface area contributed by atoms with Gasteiger partial charge in [0.15, 0.2) is 0 Å². The van der Waals surface area contributed by atoms with Crippen molar-refractivity contribution in [1.29, 1.82) is 0 Å². The van der Waals surface area contributed by atoms with Crippen molar-refractivity contribution in [3.63, 3.8) is 0 Å². The molecule has 57 heavy (non-hydrogen) atoms. The van der Waals surface area contributed by atoms with Crippen molar-refractivity contribution >= 4 is 55.7 Å². The number of fused-ring (bicyclic) bond motifs is 3. The van der Waals surface area contributed by atoms with Crippen LogP contribution in [0.15, 0.2) is 72.3 Å². The van der Waals surface area contributed by atoms with Crippen LogP contribution in [0.5, 0.6) is 11.5 Å². The van der Waals surface area contributed by atoms with Crippen LogP contribution in [-0.2, 0) is 24.4 Å². The van der Waals surface area contributed by atoms with Crippen LogP contribution in [0, 0.1) is 12.8 Å². The van der Waals surface area contributed by atoms with Crippen molar-refractivity contribution in [3.05, 3.63) is 77.8 Å². The quantitative estimate of drug-likeness (QED) is 0.173. The lowest BCUT2D eigenvalue weighted by molar-refractivity contribution is -0.140. The molecule has 3 N–H and O–H groups in total. The van der Waals surface area contributed by atoms with Crippen molar-refractivity contribution in [2.75, 3.05) is 19.0 Å². The van der Waals surface area contributed by atoms with E-state index in [9.17, 15) is 22.8 Å². The van der Waals surface area contributed by atoms with E-state index in [1.54, 1.807) is 25.1 Å². The zero-order valence-electron chi connectivity index (χ0n) is 32.3. The maximum atomic E-state index is 14.8. The van der Waals surface area contributed by atoms with Gasteiger partial charge >= 0.3 is 0 Å². The van der Waals surface area contributed by atoms with Crippen molar-refractivity contribution in [1.82, 2.24) is 24.9 Å². The zero-order valence-corrected chi connectivity index (χ0v) is 34.0. The number of methoxy groups -OCH3 is 1. The number of ether oxygens (including phenoxy) is 2. The van der Waals surface area contributed by atoms with Crippen LogP contribution in [0.3, 0.4) is 0 Å². The molecule has 2 aliphatic carbocycles. The van der Waals surface area contributed by atoms with E-state index in [0.29, 0.717) is 47.0 Å². The van der Waals surface area contributed by atoms with E-state index in [1.807, 2.05) is 73.0 Å². The Balaban J connectivity index is 1.14. The molecule has 2 saturated carbocycles. The fourth-order valence-corrected chi connectivity index (χ4v) is 9.93. The summed E-state index contributed by atoms with van der Waals surface area (Å²) >= 11 is 1.45. The van der Waals surface area contributed by atoms with Crippen molar-refractivity contribution in [3.8, 4) is 22.2 Å². The molecule has 15 heteroatoms. The number of amides is 3. The molecule has 5 atom stereocenters. The third-order valence-electron chi connectivity index (χ3n) is 11.9. The summed E-state index contributed by atoms with van der Waals surface area (Å²) in [6.45, 7) is 3.65. The first kappa shape index (κ1) is 38.8. The Morgan fingerprint density at radius 3 is 2.61 bits per heavy atom. The van der Waals surface area contributed by atoms with E-state index in [1.165, 1.54) is 11.3 Å². The number of allylic oxidation sites excluding steroid dienone is 1. The van der Waals surface area contributed by atoms with Crippen LogP contribution in [-0.4, -0.2) is 83.1 Å². The molecule has 1 saturated heterocycles. The number of thiazole rings is 1. The molecular weight excluding hydrogens is 765 g/mol. The first-order chi connectivity index (χ1) is 27.4. The van der Waals surface area contributed by atoms with E-state index < -0.39 is 56.2 Å². The number of hydrogen-bond donors (Lipinski definition) is 3. The lowest BCUT2D eigenvalue weighted by Crippen LogP contribution is -2.58. The third-order valence-corrected chi connectivity index (χ3v) is 14.9. The molecular formula is C42H48N6O7S2. The Morgan fingerprint density at radius 2 is 1.88 bits per heavy atom. The Morgan fingerprint density at radius 1 is 1.07 bits per heavy atom. The van der Waals surface area contributed by atoms with Gasteiger partial charge in [0.2, 0.25) is 21.8 Å². The lowest BCUT2D eigenvalue weighted by atomic mass is 10.0. The molecule has 2 aromatic carbocycles. The second-order valence-corrected chi connectivity index (χ2v) is 19.0. The number of benzene rings is 2. The number of sulfonamides is 1. The minimum absolute atomic E-state index is 0.102. The second kappa shape index (κ2) is 15.4. The van der Waals surface area contributed by atoms with Gasteiger partial charge in [-0.15, -0.1) is 11.3 Å². The van der Waals surface area contributed by atoms with Crippen LogP contribution in [0.25, 0.3) is 21.6 Å². The standard InChI is InChI=1S/C42H48N6O7S2/c1-26-34(54-3)17-16-30-35(23-32(45-36(26)30)38-43-20-21-56-38)55-29-22-33-37(49)46-42(40(51)47-57(52,53)41(2)18-19-41)24-27(42)12-8-5-4-6-11-15-31(39(50)48(33)25-29)44-28-13-9-7-10-14-28/h7-10,12-14,16-17,20-21,23,27,29,31,33,44H,4-6,11,15,18-19,22,24-25H2,1-3H3,(H,46,49)(H,47,51)/b12-8-/t27-,29+,31-,33-,42+/m0/s1. The number of para-hydroxylation sites is 1. The first-order valence-corrected chi connectivity index (χ1v) is 22.0. The number of carbonyl (C=O) groups is 3. The predicted molar refractivity (Wildman–Crippen MR) is 218 cm³/mol. The second-order valence-electron chi connectivity index (χ2n) is 15.9. The van der Waals surface area contributed by atoms with Crippen LogP contribution in [0.2, 0.25) is 0 Å². The summed E-state index contributed by atoms with van der Waals surface area (Å²) in [6, 6.07) is 13.5. The number of hydrogen-bond acceptors (Lipinski definition) is 11. The maximum absolute atomic E-state index is 14.8. The van der Waals surface area contributed by atoms with Crippen LogP contribution in [0.4, 0.5) is 5.69 Å².